The number of hydrogen-bond acceptors (Lipinski definition) is 8. The number of aromatic nitrogens is 2. The van der Waals surface area contributed by atoms with E-state index in [1.807, 2.05) is 36.7 Å². The van der Waals surface area contributed by atoms with Crippen LogP contribution in [0, 0.1) is 5.92 Å². The van der Waals surface area contributed by atoms with Gasteiger partial charge in [-0.1, -0.05) is 12.1 Å². The lowest BCUT2D eigenvalue weighted by molar-refractivity contribution is -0.193. The maximum atomic E-state index is 10.6. The molecule has 1 spiro atoms. The summed E-state index contributed by atoms with van der Waals surface area (Å²) in [6.07, 6.45) is -5.27. The summed E-state index contributed by atoms with van der Waals surface area (Å²) in [7, 11) is 0. The molecule has 1 unspecified atom stereocenters. The summed E-state index contributed by atoms with van der Waals surface area (Å²) in [4.78, 5) is 37.7. The molecule has 0 aliphatic carbocycles. The van der Waals surface area contributed by atoms with Gasteiger partial charge in [-0.2, -0.15) is 39.5 Å². The zero-order chi connectivity index (χ0) is 35.9. The van der Waals surface area contributed by atoms with Gasteiger partial charge in [0.05, 0.1) is 12.2 Å². The van der Waals surface area contributed by atoms with Gasteiger partial charge in [0.25, 0.3) is 0 Å². The average molecular weight is 696 g/mol. The predicted octanol–water partition coefficient (Wildman–Crippen LogP) is 5.22. The number of halogens is 9. The number of piperidine rings is 1. The molecule has 0 bridgehead atoms. The lowest BCUT2D eigenvalue weighted by Gasteiger charge is -2.42. The number of hydrogen-bond donors (Lipinski definition) is 3. The molecular formula is C27H30F9N3O8. The van der Waals surface area contributed by atoms with Gasteiger partial charge in [-0.15, -0.1) is 0 Å². The van der Waals surface area contributed by atoms with E-state index in [0.717, 1.165) is 51.9 Å². The van der Waals surface area contributed by atoms with Crippen molar-refractivity contribution in [2.24, 2.45) is 5.92 Å². The fourth-order valence-electron chi connectivity index (χ4n) is 4.32. The summed E-state index contributed by atoms with van der Waals surface area (Å²) in [5.74, 6) is -6.97. The zero-order valence-electron chi connectivity index (χ0n) is 24.2. The molecule has 4 heterocycles. The number of pyridine rings is 2. The van der Waals surface area contributed by atoms with Crippen LogP contribution in [0.1, 0.15) is 31.2 Å². The molecule has 0 saturated carbocycles. The Morgan fingerprint density at radius 1 is 0.851 bits per heavy atom. The number of carboxylic acid groups (broad SMARTS) is 3. The van der Waals surface area contributed by atoms with Crippen molar-refractivity contribution in [1.29, 1.82) is 0 Å². The first-order valence-corrected chi connectivity index (χ1v) is 13.4. The Kier molecular flexibility index (Phi) is 15.8. The van der Waals surface area contributed by atoms with Crippen LogP contribution in [-0.2, 0) is 25.7 Å². The first-order valence-electron chi connectivity index (χ1n) is 13.4. The Morgan fingerprint density at radius 2 is 1.38 bits per heavy atom. The Bertz CT molecular complexity index is 1180. The molecule has 264 valence electrons. The van der Waals surface area contributed by atoms with Crippen molar-refractivity contribution < 1.29 is 78.7 Å². The SMILES string of the molecule is O=C(O)C(F)(F)F.O=C(O)C(F)(F)F.O=C(O)C(F)(F)F.c1ccc(OCCC2CCOC23CCN(Cc2cccnc2)CC3)nc1. The standard InChI is InChI=1S/C21H27N3O2.3C2HF3O2/c1-2-11-23-20(5-1)25-14-6-19-7-15-26-21(19)8-12-24(13-9-21)17-18-4-3-10-22-16-18;3*3-2(4,5)1(6)7/h1-5,10-11,16,19H,6-9,12-15,17H2;3*(H,6,7). The number of ether oxygens (including phenoxy) is 2. The van der Waals surface area contributed by atoms with Crippen molar-refractivity contribution in [3.05, 3.63) is 54.5 Å². The number of rotatable bonds is 6. The van der Waals surface area contributed by atoms with E-state index in [4.69, 9.17) is 39.2 Å². The van der Waals surface area contributed by atoms with Crippen LogP contribution in [0.4, 0.5) is 39.5 Å². The first kappa shape index (κ1) is 40.8. The smallest absolute Gasteiger partial charge is 0.478 e. The third-order valence-corrected chi connectivity index (χ3v) is 6.51. The zero-order valence-corrected chi connectivity index (χ0v) is 24.2. The Labute approximate surface area is 260 Å². The second-order valence-electron chi connectivity index (χ2n) is 9.75. The summed E-state index contributed by atoms with van der Waals surface area (Å²) >= 11 is 0. The quantitative estimate of drug-likeness (QED) is 0.341. The molecule has 0 aromatic carbocycles. The molecule has 2 saturated heterocycles. The predicted molar refractivity (Wildman–Crippen MR) is 141 cm³/mol. The summed E-state index contributed by atoms with van der Waals surface area (Å²) < 4.78 is 107. The van der Waals surface area contributed by atoms with Gasteiger partial charge in [0.15, 0.2) is 0 Å². The Balaban J connectivity index is 0.000000430. The van der Waals surface area contributed by atoms with Crippen LogP contribution in [0.15, 0.2) is 48.9 Å². The van der Waals surface area contributed by atoms with Gasteiger partial charge < -0.3 is 24.8 Å². The number of likely N-dealkylation sites (tertiary alicyclic amines) is 1. The number of nitrogens with zero attached hydrogens (tertiary/aromatic N) is 3. The van der Waals surface area contributed by atoms with Crippen LogP contribution in [-0.4, -0.2) is 98.5 Å². The van der Waals surface area contributed by atoms with Crippen molar-refractivity contribution in [3.63, 3.8) is 0 Å². The second kappa shape index (κ2) is 18.2. The molecule has 2 fully saturated rings. The van der Waals surface area contributed by atoms with Crippen LogP contribution in [0.2, 0.25) is 0 Å². The van der Waals surface area contributed by atoms with Crippen molar-refractivity contribution >= 4 is 17.9 Å². The van der Waals surface area contributed by atoms with Crippen LogP contribution >= 0.6 is 0 Å². The molecule has 2 aliphatic rings. The van der Waals surface area contributed by atoms with Gasteiger partial charge in [-0.25, -0.2) is 19.4 Å². The van der Waals surface area contributed by atoms with E-state index in [0.29, 0.717) is 18.4 Å². The highest BCUT2D eigenvalue weighted by Crippen LogP contribution is 2.42. The number of alkyl halides is 9. The molecule has 1 atom stereocenters. The normalized spacial score (nSPS) is 17.5. The highest BCUT2D eigenvalue weighted by atomic mass is 19.4. The fraction of sp³-hybridized carbons (Fsp3) is 0.519. The second-order valence-corrected chi connectivity index (χ2v) is 9.75. The van der Waals surface area contributed by atoms with E-state index in [1.165, 1.54) is 5.56 Å². The minimum Gasteiger partial charge on any atom is -0.478 e. The third-order valence-electron chi connectivity index (χ3n) is 6.51. The topological polar surface area (TPSA) is 159 Å². The van der Waals surface area contributed by atoms with E-state index in [1.54, 1.807) is 6.20 Å². The van der Waals surface area contributed by atoms with Gasteiger partial charge in [0.2, 0.25) is 5.88 Å². The largest absolute Gasteiger partial charge is 0.490 e. The minimum absolute atomic E-state index is 0.0545. The summed E-state index contributed by atoms with van der Waals surface area (Å²) in [5.41, 5.74) is 1.34. The summed E-state index contributed by atoms with van der Waals surface area (Å²) in [6.45, 7) is 4.76. The number of carboxylic acids is 3. The van der Waals surface area contributed by atoms with Crippen molar-refractivity contribution in [1.82, 2.24) is 14.9 Å². The van der Waals surface area contributed by atoms with E-state index >= 15 is 0 Å². The molecular weight excluding hydrogens is 665 g/mol. The molecule has 11 nitrogen and oxygen atoms in total. The van der Waals surface area contributed by atoms with Gasteiger partial charge >= 0.3 is 36.4 Å². The van der Waals surface area contributed by atoms with E-state index < -0.39 is 36.4 Å². The minimum atomic E-state index is -5.08. The number of carbonyl (C=O) groups is 3. The third kappa shape index (κ3) is 15.8. The maximum absolute atomic E-state index is 10.6. The molecule has 2 aliphatic heterocycles. The maximum Gasteiger partial charge on any atom is 0.490 e. The van der Waals surface area contributed by atoms with E-state index in [-0.39, 0.29) is 5.60 Å². The van der Waals surface area contributed by atoms with Gasteiger partial charge in [-0.05, 0) is 49.3 Å². The van der Waals surface area contributed by atoms with Crippen molar-refractivity contribution in [2.45, 2.75) is 56.4 Å². The Hall–Kier alpha value is -4.20. The van der Waals surface area contributed by atoms with E-state index in [2.05, 4.69) is 20.9 Å². The van der Waals surface area contributed by atoms with Crippen LogP contribution in [0.3, 0.4) is 0 Å². The van der Waals surface area contributed by atoms with Crippen molar-refractivity contribution in [3.8, 4) is 5.88 Å². The van der Waals surface area contributed by atoms with Crippen molar-refractivity contribution in [2.75, 3.05) is 26.3 Å². The molecule has 0 radical (unpaired) electrons. The Morgan fingerprint density at radius 3 is 1.81 bits per heavy atom. The lowest BCUT2D eigenvalue weighted by Crippen LogP contribution is -2.47. The summed E-state index contributed by atoms with van der Waals surface area (Å²) in [6, 6.07) is 9.95. The van der Waals surface area contributed by atoms with Crippen LogP contribution < -0.4 is 4.74 Å². The monoisotopic (exact) mass is 695 g/mol. The first-order chi connectivity index (χ1) is 21.7. The highest BCUT2D eigenvalue weighted by Gasteiger charge is 2.46. The van der Waals surface area contributed by atoms with Gasteiger partial charge in [0.1, 0.15) is 0 Å². The molecule has 4 rings (SSSR count). The summed E-state index contributed by atoms with van der Waals surface area (Å²) in [5, 5.41) is 21.4. The van der Waals surface area contributed by atoms with Crippen LogP contribution in [0.25, 0.3) is 0 Å². The van der Waals surface area contributed by atoms with Gasteiger partial charge in [0, 0.05) is 50.9 Å². The lowest BCUT2D eigenvalue weighted by atomic mass is 9.78. The fourth-order valence-corrected chi connectivity index (χ4v) is 4.32. The molecule has 47 heavy (non-hydrogen) atoms. The molecule has 2 aromatic heterocycles. The van der Waals surface area contributed by atoms with Gasteiger partial charge in [-0.3, -0.25) is 9.88 Å². The molecule has 2 aromatic rings. The van der Waals surface area contributed by atoms with Crippen LogP contribution in [0.5, 0.6) is 5.88 Å². The average Bonchev–Trinajstić information content (AvgIpc) is 3.36. The molecule has 20 heteroatoms. The van der Waals surface area contributed by atoms with E-state index in [9.17, 15) is 39.5 Å². The molecule has 3 N–H and O–H groups in total. The highest BCUT2D eigenvalue weighted by molar-refractivity contribution is 5.73. The number of aliphatic carboxylic acids is 3. The molecule has 0 amide bonds.